The molecule has 0 atom stereocenters. The summed E-state index contributed by atoms with van der Waals surface area (Å²) in [6.45, 7) is 3.80. The van der Waals surface area contributed by atoms with Gasteiger partial charge in [0.05, 0.1) is 22.1 Å². The van der Waals surface area contributed by atoms with Crippen LogP contribution < -0.4 is 5.73 Å². The number of fused-ring (bicyclic) bond motifs is 2. The van der Waals surface area contributed by atoms with Crippen molar-refractivity contribution in [2.75, 3.05) is 5.73 Å². The van der Waals surface area contributed by atoms with E-state index in [1.807, 2.05) is 26.0 Å². The highest BCUT2D eigenvalue weighted by atomic mass is 32.2. The van der Waals surface area contributed by atoms with Crippen LogP contribution in [0.4, 0.5) is 5.82 Å². The Morgan fingerprint density at radius 1 is 0.939 bits per heavy atom. The molecule has 2 aromatic carbocycles. The van der Waals surface area contributed by atoms with Gasteiger partial charge in [-0.1, -0.05) is 18.2 Å². The minimum atomic E-state index is -4.00. The lowest BCUT2D eigenvalue weighted by molar-refractivity contribution is 0.597. The van der Waals surface area contributed by atoms with Crippen LogP contribution in [0.25, 0.3) is 22.2 Å². The molecule has 0 aliphatic carbocycles. The van der Waals surface area contributed by atoms with Crippen LogP contribution >= 0.6 is 0 Å². The quantitative estimate of drug-likeness (QED) is 0.410. The molecule has 8 nitrogen and oxygen atoms in total. The Balaban J connectivity index is 1.81. The average Bonchev–Trinajstić information content (AvgIpc) is 3.09. The summed E-state index contributed by atoms with van der Waals surface area (Å²) in [5.74, 6) is -0.0520. The number of sulfone groups is 1. The van der Waals surface area contributed by atoms with Gasteiger partial charge >= 0.3 is 0 Å². The van der Waals surface area contributed by atoms with Gasteiger partial charge in [0.1, 0.15) is 16.2 Å². The third-order valence-electron chi connectivity index (χ3n) is 5.51. The largest absolute Gasteiger partial charge is 0.382 e. The normalized spacial score (nSPS) is 12.2. The second-order valence-corrected chi connectivity index (χ2v) is 9.57. The molecule has 3 aromatic heterocycles. The molecule has 0 saturated heterocycles. The van der Waals surface area contributed by atoms with E-state index in [1.165, 1.54) is 4.68 Å². The van der Waals surface area contributed by atoms with E-state index in [2.05, 4.69) is 20.1 Å². The number of rotatable bonds is 4. The fraction of sp³-hybridized carbons (Fsp3) is 0.0833. The van der Waals surface area contributed by atoms with Crippen molar-refractivity contribution < 1.29 is 8.42 Å². The number of nitrogens with zero attached hydrogens (tertiary/aromatic N) is 5. The lowest BCUT2D eigenvalue weighted by atomic mass is 10.1. The van der Waals surface area contributed by atoms with Crippen molar-refractivity contribution in [1.29, 1.82) is 0 Å². The highest BCUT2D eigenvalue weighted by Gasteiger charge is 2.30. The highest BCUT2D eigenvalue weighted by Crippen LogP contribution is 2.35. The minimum absolute atomic E-state index is 0.0520. The zero-order valence-corrected chi connectivity index (χ0v) is 18.8. The minimum Gasteiger partial charge on any atom is -0.382 e. The molecule has 0 bridgehead atoms. The van der Waals surface area contributed by atoms with Gasteiger partial charge < -0.3 is 5.73 Å². The Morgan fingerprint density at radius 2 is 1.64 bits per heavy atom. The van der Waals surface area contributed by atoms with Crippen LogP contribution in [-0.4, -0.2) is 34.3 Å². The zero-order chi connectivity index (χ0) is 23.2. The van der Waals surface area contributed by atoms with Gasteiger partial charge in [0.2, 0.25) is 9.84 Å². The maximum atomic E-state index is 13.7. The Bertz CT molecular complexity index is 1660. The van der Waals surface area contributed by atoms with Crippen molar-refractivity contribution in [2.45, 2.75) is 23.6 Å². The summed E-state index contributed by atoms with van der Waals surface area (Å²) in [6.07, 6.45) is 4.85. The monoisotopic (exact) mass is 456 g/mol. The van der Waals surface area contributed by atoms with Crippen molar-refractivity contribution >= 4 is 44.1 Å². The van der Waals surface area contributed by atoms with Gasteiger partial charge in [-0.25, -0.2) is 18.4 Å². The number of para-hydroxylation sites is 2. The fourth-order valence-corrected chi connectivity index (χ4v) is 5.15. The maximum Gasteiger partial charge on any atom is 0.212 e. The number of nitrogens with two attached hydrogens (primary N) is 1. The topological polar surface area (TPSA) is 116 Å². The molecule has 3 heterocycles. The molecule has 0 aliphatic heterocycles. The molecule has 0 unspecified atom stereocenters. The van der Waals surface area contributed by atoms with Crippen LogP contribution in [-0.2, 0) is 9.84 Å². The van der Waals surface area contributed by atoms with E-state index >= 15 is 0 Å². The standard InChI is InChI=1S/C24H20N6O2S/c1-15-7-8-18(13-16(15)2)33(31,32)22-21-24(29-20-6-4-3-5-19(20)28-21)30(23(22)25)27-14-17-9-11-26-12-10-17/h3-14H,25H2,1-2H3/b27-14-. The van der Waals surface area contributed by atoms with Gasteiger partial charge in [0.25, 0.3) is 0 Å². The van der Waals surface area contributed by atoms with E-state index in [9.17, 15) is 8.42 Å². The Hall–Kier alpha value is -4.11. The number of aryl methyl sites for hydroxylation is 2. The third-order valence-corrected chi connectivity index (χ3v) is 7.33. The van der Waals surface area contributed by atoms with Crippen molar-refractivity contribution in [1.82, 2.24) is 19.6 Å². The van der Waals surface area contributed by atoms with Crippen LogP contribution in [0.5, 0.6) is 0 Å². The molecule has 0 radical (unpaired) electrons. The van der Waals surface area contributed by atoms with Gasteiger partial charge in [-0.15, -0.1) is 0 Å². The molecular formula is C24H20N6O2S. The molecule has 0 fully saturated rings. The van der Waals surface area contributed by atoms with E-state index in [-0.39, 0.29) is 26.8 Å². The van der Waals surface area contributed by atoms with Gasteiger partial charge in [0.15, 0.2) is 5.65 Å². The average molecular weight is 457 g/mol. The molecule has 33 heavy (non-hydrogen) atoms. The van der Waals surface area contributed by atoms with Crippen LogP contribution in [0.15, 0.2) is 81.9 Å². The molecule has 0 aliphatic rings. The number of nitrogen functional groups attached to an aromatic ring is 1. The molecule has 2 N–H and O–H groups in total. The van der Waals surface area contributed by atoms with E-state index in [0.717, 1.165) is 16.7 Å². The molecule has 0 saturated carbocycles. The summed E-state index contributed by atoms with van der Waals surface area (Å²) >= 11 is 0. The molecule has 0 spiro atoms. The number of hydrogen-bond donors (Lipinski definition) is 1. The Kier molecular flexibility index (Phi) is 4.90. The first-order valence-electron chi connectivity index (χ1n) is 10.2. The van der Waals surface area contributed by atoms with E-state index in [1.54, 1.807) is 61.1 Å². The molecule has 9 heteroatoms. The van der Waals surface area contributed by atoms with Crippen molar-refractivity contribution in [2.24, 2.45) is 5.10 Å². The van der Waals surface area contributed by atoms with Crippen LogP contribution in [0.2, 0.25) is 0 Å². The van der Waals surface area contributed by atoms with Gasteiger partial charge in [0, 0.05) is 12.4 Å². The van der Waals surface area contributed by atoms with Crippen molar-refractivity contribution in [3.05, 3.63) is 83.7 Å². The molecule has 5 aromatic rings. The number of benzene rings is 2. The number of anilines is 1. The van der Waals surface area contributed by atoms with Crippen molar-refractivity contribution in [3.8, 4) is 0 Å². The second-order valence-electron chi connectivity index (χ2n) is 7.69. The maximum absolute atomic E-state index is 13.7. The van der Waals surface area contributed by atoms with E-state index < -0.39 is 9.84 Å². The van der Waals surface area contributed by atoms with Crippen molar-refractivity contribution in [3.63, 3.8) is 0 Å². The molecule has 164 valence electrons. The summed E-state index contributed by atoms with van der Waals surface area (Å²) in [5, 5.41) is 4.44. The number of hydrogen-bond acceptors (Lipinski definition) is 7. The second kappa shape index (κ2) is 7.79. The molecular weight excluding hydrogens is 436 g/mol. The highest BCUT2D eigenvalue weighted by molar-refractivity contribution is 7.92. The van der Waals surface area contributed by atoms with Crippen LogP contribution in [0.1, 0.15) is 16.7 Å². The van der Waals surface area contributed by atoms with Gasteiger partial charge in [-0.3, -0.25) is 4.98 Å². The predicted molar refractivity (Wildman–Crippen MR) is 128 cm³/mol. The third kappa shape index (κ3) is 3.52. The first kappa shape index (κ1) is 20.8. The van der Waals surface area contributed by atoms with Crippen LogP contribution in [0, 0.1) is 13.8 Å². The van der Waals surface area contributed by atoms with Gasteiger partial charge in [-0.2, -0.15) is 9.78 Å². The fourth-order valence-electron chi connectivity index (χ4n) is 3.58. The zero-order valence-electron chi connectivity index (χ0n) is 18.0. The first-order chi connectivity index (χ1) is 15.9. The number of aromatic nitrogens is 4. The SMILES string of the molecule is Cc1ccc(S(=O)(=O)c2c(N)n(/N=C\c3ccncc3)c3nc4ccccc4nc23)cc1C. The first-order valence-corrected chi connectivity index (χ1v) is 11.7. The van der Waals surface area contributed by atoms with E-state index in [4.69, 9.17) is 5.73 Å². The molecule has 5 rings (SSSR count). The lowest BCUT2D eigenvalue weighted by Gasteiger charge is -2.07. The van der Waals surface area contributed by atoms with E-state index in [0.29, 0.717) is 11.0 Å². The summed E-state index contributed by atoms with van der Waals surface area (Å²) in [6, 6.07) is 15.8. The molecule has 0 amide bonds. The Morgan fingerprint density at radius 3 is 2.33 bits per heavy atom. The number of pyridine rings is 1. The Labute approximate surface area is 190 Å². The smallest absolute Gasteiger partial charge is 0.212 e. The summed E-state index contributed by atoms with van der Waals surface area (Å²) in [7, 11) is -4.00. The van der Waals surface area contributed by atoms with Crippen LogP contribution in [0.3, 0.4) is 0 Å². The summed E-state index contributed by atoms with van der Waals surface area (Å²) < 4.78 is 28.8. The predicted octanol–water partition coefficient (Wildman–Crippen LogP) is 3.89. The summed E-state index contributed by atoms with van der Waals surface area (Å²) in [5.41, 5.74) is 10.7. The lowest BCUT2D eigenvalue weighted by Crippen LogP contribution is -2.07. The summed E-state index contributed by atoms with van der Waals surface area (Å²) in [4.78, 5) is 13.3. The van der Waals surface area contributed by atoms with Gasteiger partial charge in [-0.05, 0) is 66.9 Å².